The maximum absolute atomic E-state index is 13.3. The van der Waals surface area contributed by atoms with Crippen molar-refractivity contribution < 1.29 is 38.8 Å². The molecule has 42 heavy (non-hydrogen) atoms. The Morgan fingerprint density at radius 2 is 1.62 bits per heavy atom. The molecule has 2 atom stereocenters. The lowest BCUT2D eigenvalue weighted by Gasteiger charge is -2.27. The van der Waals surface area contributed by atoms with Crippen LogP contribution in [0.4, 0.5) is 5.69 Å². The molecule has 2 aromatic rings. The van der Waals surface area contributed by atoms with Crippen molar-refractivity contribution in [2.24, 2.45) is 0 Å². The quantitative estimate of drug-likeness (QED) is 0.178. The number of carbonyl (C=O) groups excluding carboxylic acids is 1. The minimum Gasteiger partial charge on any atom is -0.495 e. The van der Waals surface area contributed by atoms with Gasteiger partial charge in [-0.1, -0.05) is 36.8 Å². The molecule has 2 unspecified atom stereocenters. The number of anilines is 1. The predicted octanol–water partition coefficient (Wildman–Crippen LogP) is 4.71. The Morgan fingerprint density at radius 1 is 0.881 bits per heavy atom. The van der Waals surface area contributed by atoms with Crippen LogP contribution in [0.3, 0.4) is 0 Å². The van der Waals surface area contributed by atoms with E-state index >= 15 is 0 Å². The van der Waals surface area contributed by atoms with Crippen molar-refractivity contribution in [3.63, 3.8) is 0 Å². The van der Waals surface area contributed by atoms with Gasteiger partial charge in [-0.3, -0.25) is 4.79 Å². The second-order valence-corrected chi connectivity index (χ2v) is 10.4. The van der Waals surface area contributed by atoms with E-state index < -0.39 is 36.7 Å². The fraction of sp³-hybridized carbons (Fsp3) is 0.531. The van der Waals surface area contributed by atoms with E-state index in [2.05, 4.69) is 37.4 Å². The van der Waals surface area contributed by atoms with Crippen molar-refractivity contribution in [1.82, 2.24) is 4.90 Å². The van der Waals surface area contributed by atoms with Crippen LogP contribution in [0.15, 0.2) is 42.5 Å². The van der Waals surface area contributed by atoms with E-state index in [9.17, 15) is 19.5 Å². The van der Waals surface area contributed by atoms with E-state index in [1.807, 2.05) is 24.3 Å². The van der Waals surface area contributed by atoms with Gasteiger partial charge < -0.3 is 34.6 Å². The highest BCUT2D eigenvalue weighted by molar-refractivity contribution is 5.88. The van der Waals surface area contributed by atoms with Crippen molar-refractivity contribution in [3.8, 4) is 5.75 Å². The number of methoxy groups -OCH3 is 1. The van der Waals surface area contributed by atoms with Gasteiger partial charge in [0.1, 0.15) is 12.4 Å². The number of unbranched alkanes of at least 4 members (excludes halogenated alkanes) is 4. The molecule has 3 N–H and O–H groups in total. The van der Waals surface area contributed by atoms with Gasteiger partial charge in [-0.15, -0.1) is 0 Å². The first-order valence-electron chi connectivity index (χ1n) is 14.5. The molecular weight excluding hydrogens is 540 g/mol. The van der Waals surface area contributed by atoms with Crippen LogP contribution in [0.25, 0.3) is 0 Å². The Bertz CT molecular complexity index is 1140. The summed E-state index contributed by atoms with van der Waals surface area (Å²) < 4.78 is 16.2. The summed E-state index contributed by atoms with van der Waals surface area (Å²) >= 11 is 0. The molecule has 0 radical (unpaired) electrons. The molecule has 0 aromatic heterocycles. The fourth-order valence-corrected chi connectivity index (χ4v) is 4.51. The van der Waals surface area contributed by atoms with Gasteiger partial charge in [-0.25, -0.2) is 9.59 Å². The maximum atomic E-state index is 13.3. The summed E-state index contributed by atoms with van der Waals surface area (Å²) in [5, 5.41) is 22.1. The Labute approximate surface area is 249 Å². The molecule has 0 aliphatic heterocycles. The van der Waals surface area contributed by atoms with E-state index in [1.54, 1.807) is 14.2 Å². The van der Waals surface area contributed by atoms with Crippen LogP contribution < -0.4 is 10.1 Å². The Hall–Kier alpha value is -3.63. The van der Waals surface area contributed by atoms with E-state index in [1.165, 1.54) is 21.6 Å². The Kier molecular flexibility index (Phi) is 15.4. The Balaban J connectivity index is 1.84. The molecule has 0 aliphatic carbocycles. The number of aryl methyl sites for hydroxylation is 3. The molecule has 0 saturated heterocycles. The zero-order chi connectivity index (χ0) is 30.9. The van der Waals surface area contributed by atoms with Crippen LogP contribution >= 0.6 is 0 Å². The molecule has 0 bridgehead atoms. The van der Waals surface area contributed by atoms with Gasteiger partial charge in [0.2, 0.25) is 0 Å². The molecule has 10 heteroatoms. The number of likely N-dealkylation sites (N-methyl/N-ethyl adjacent to an activating group) is 1. The van der Waals surface area contributed by atoms with Gasteiger partial charge in [0.05, 0.1) is 12.8 Å². The van der Waals surface area contributed by atoms with Crippen LogP contribution in [0, 0.1) is 13.8 Å². The number of nitrogens with zero attached hydrogens (tertiary/aromatic N) is 1. The molecule has 10 nitrogen and oxygen atoms in total. The van der Waals surface area contributed by atoms with Gasteiger partial charge >= 0.3 is 11.9 Å². The second-order valence-electron chi connectivity index (χ2n) is 10.4. The monoisotopic (exact) mass is 586 g/mol. The number of carboxylic acids is 2. The summed E-state index contributed by atoms with van der Waals surface area (Å²) in [6.45, 7) is 4.62. The van der Waals surface area contributed by atoms with Crippen molar-refractivity contribution >= 4 is 23.5 Å². The van der Waals surface area contributed by atoms with Crippen LogP contribution in [0.1, 0.15) is 55.2 Å². The summed E-state index contributed by atoms with van der Waals surface area (Å²) in [5.41, 5.74) is 4.69. The lowest BCUT2D eigenvalue weighted by molar-refractivity contribution is -0.175. The number of ether oxygens (including phenoxy) is 3. The van der Waals surface area contributed by atoms with E-state index in [0.29, 0.717) is 19.4 Å². The highest BCUT2D eigenvalue weighted by atomic mass is 16.6. The predicted molar refractivity (Wildman–Crippen MR) is 161 cm³/mol. The first-order chi connectivity index (χ1) is 20.1. The zero-order valence-corrected chi connectivity index (χ0v) is 25.3. The number of carboxylic acid groups (broad SMARTS) is 2. The normalized spacial score (nSPS) is 12.4. The SMILES string of the molecule is COc1ccccc1NCCCCCN(C)C(=O)C(OCCCCCc1ccc(C)c(C)c1)C(OCC(=O)O)C(=O)O. The first-order valence-corrected chi connectivity index (χ1v) is 14.5. The first kappa shape index (κ1) is 34.6. The lowest BCUT2D eigenvalue weighted by Crippen LogP contribution is -2.50. The molecule has 0 fully saturated rings. The van der Waals surface area contributed by atoms with Crippen LogP contribution in [-0.2, 0) is 30.3 Å². The number of amides is 1. The molecule has 0 aliphatic rings. The number of aliphatic carboxylic acids is 2. The standard InChI is InChI=1S/C32H46N2O8/c1-23-16-17-25(21-24(23)2)13-7-5-12-20-41-29(30(32(38)39)42-22-28(35)36)31(37)34(3)19-11-6-10-18-33-26-14-8-9-15-27(26)40-4/h8-9,14-17,21,29-30,33H,5-7,10-13,18-20,22H2,1-4H3,(H,35,36)(H,38,39). The molecule has 232 valence electrons. The van der Waals surface area contributed by atoms with Crippen molar-refractivity contribution in [3.05, 3.63) is 59.2 Å². The molecule has 1 amide bonds. The van der Waals surface area contributed by atoms with Crippen LogP contribution in [0.5, 0.6) is 5.75 Å². The smallest absolute Gasteiger partial charge is 0.336 e. The van der Waals surface area contributed by atoms with Crippen molar-refractivity contribution in [1.29, 1.82) is 0 Å². The molecule has 0 saturated carbocycles. The van der Waals surface area contributed by atoms with Gasteiger partial charge in [-0.2, -0.15) is 0 Å². The summed E-state index contributed by atoms with van der Waals surface area (Å²) in [7, 11) is 3.21. The van der Waals surface area contributed by atoms with Crippen molar-refractivity contribution in [2.45, 2.75) is 71.0 Å². The third-order valence-electron chi connectivity index (χ3n) is 7.10. The highest BCUT2D eigenvalue weighted by Crippen LogP contribution is 2.23. The van der Waals surface area contributed by atoms with E-state index in [4.69, 9.17) is 19.3 Å². The third-order valence-corrected chi connectivity index (χ3v) is 7.10. The summed E-state index contributed by atoms with van der Waals surface area (Å²) in [4.78, 5) is 37.6. The number of hydrogen-bond donors (Lipinski definition) is 3. The molecule has 2 rings (SSSR count). The maximum Gasteiger partial charge on any atom is 0.336 e. The van der Waals surface area contributed by atoms with Gasteiger partial charge in [0, 0.05) is 26.7 Å². The summed E-state index contributed by atoms with van der Waals surface area (Å²) in [6, 6.07) is 14.1. The van der Waals surface area contributed by atoms with Gasteiger partial charge in [0.25, 0.3) is 5.91 Å². The lowest BCUT2D eigenvalue weighted by atomic mass is 10.0. The van der Waals surface area contributed by atoms with Crippen LogP contribution in [-0.4, -0.2) is 85.6 Å². The summed E-state index contributed by atoms with van der Waals surface area (Å²) in [6.07, 6.45) is 2.53. The average Bonchev–Trinajstić information content (AvgIpc) is 2.96. The number of hydrogen-bond acceptors (Lipinski definition) is 7. The number of para-hydroxylation sites is 2. The minimum absolute atomic E-state index is 0.159. The summed E-state index contributed by atoms with van der Waals surface area (Å²) in [5.74, 6) is -2.54. The third kappa shape index (κ3) is 12.1. The fourth-order valence-electron chi connectivity index (χ4n) is 4.51. The molecule has 2 aromatic carbocycles. The van der Waals surface area contributed by atoms with Gasteiger partial charge in [-0.05, 0) is 81.2 Å². The van der Waals surface area contributed by atoms with E-state index in [0.717, 1.165) is 50.1 Å². The second kappa shape index (κ2) is 18.7. The average molecular weight is 587 g/mol. The number of nitrogens with one attached hydrogen (secondary N) is 1. The van der Waals surface area contributed by atoms with E-state index in [-0.39, 0.29) is 6.61 Å². The number of rotatable bonds is 21. The molecular formula is C32H46N2O8. The Morgan fingerprint density at radius 3 is 2.31 bits per heavy atom. The van der Waals surface area contributed by atoms with Crippen LogP contribution in [0.2, 0.25) is 0 Å². The molecule has 0 heterocycles. The zero-order valence-electron chi connectivity index (χ0n) is 25.3. The van der Waals surface area contributed by atoms with Crippen molar-refractivity contribution in [2.75, 3.05) is 45.8 Å². The van der Waals surface area contributed by atoms with Gasteiger partial charge in [0.15, 0.2) is 12.2 Å². The number of benzene rings is 2. The topological polar surface area (TPSA) is 135 Å². The molecule has 0 spiro atoms. The number of carbonyl (C=O) groups is 3. The highest BCUT2D eigenvalue weighted by Gasteiger charge is 2.37. The largest absolute Gasteiger partial charge is 0.495 e. The minimum atomic E-state index is -1.73.